The summed E-state index contributed by atoms with van der Waals surface area (Å²) in [5, 5.41) is 12.8. The van der Waals surface area contributed by atoms with Gasteiger partial charge in [0.2, 0.25) is 0 Å². The summed E-state index contributed by atoms with van der Waals surface area (Å²) in [6, 6.07) is 5.32. The van der Waals surface area contributed by atoms with Crippen molar-refractivity contribution in [2.24, 2.45) is 15.8 Å². The Morgan fingerprint density at radius 2 is 2.10 bits per heavy atom. The number of benzene rings is 1. The van der Waals surface area contributed by atoms with Crippen molar-refractivity contribution in [1.82, 2.24) is 5.01 Å². The third-order valence-corrected chi connectivity index (χ3v) is 3.08. The molecule has 0 aromatic heterocycles. The van der Waals surface area contributed by atoms with Crippen molar-refractivity contribution in [2.45, 2.75) is 19.1 Å². The van der Waals surface area contributed by atoms with Gasteiger partial charge in [-0.25, -0.2) is 5.01 Å². The van der Waals surface area contributed by atoms with Crippen molar-refractivity contribution in [2.75, 3.05) is 7.05 Å². The van der Waals surface area contributed by atoms with Crippen molar-refractivity contribution in [3.05, 3.63) is 35.4 Å². The van der Waals surface area contributed by atoms with Gasteiger partial charge in [0.1, 0.15) is 17.4 Å². The molecule has 0 bridgehead atoms. The summed E-state index contributed by atoms with van der Waals surface area (Å²) in [5.41, 5.74) is 5.06. The molecule has 0 amide bonds. The smallest absolute Gasteiger partial charge is 0.383 e. The van der Waals surface area contributed by atoms with Crippen LogP contribution in [0.25, 0.3) is 0 Å². The van der Waals surface area contributed by atoms with Gasteiger partial charge in [0.05, 0.1) is 18.5 Å². The molecule has 0 aliphatic carbocycles. The highest BCUT2D eigenvalue weighted by Gasteiger charge is 2.34. The Kier molecular flexibility index (Phi) is 3.97. The predicted octanol–water partition coefficient (Wildman–Crippen LogP) is 2.23. The Labute approximate surface area is 119 Å². The van der Waals surface area contributed by atoms with Gasteiger partial charge in [-0.2, -0.15) is 18.3 Å². The molecule has 1 aliphatic rings. The number of nitrogens with two attached hydrogens (primary N) is 1. The SMILES string of the molecule is CN=C1CC(C(=N)N)=NN1Cc1ccccc1C(F)(F)F. The third kappa shape index (κ3) is 3.21. The summed E-state index contributed by atoms with van der Waals surface area (Å²) in [6.07, 6.45) is -4.17. The van der Waals surface area contributed by atoms with E-state index in [0.29, 0.717) is 11.5 Å². The van der Waals surface area contributed by atoms with Crippen LogP contribution in [0, 0.1) is 5.41 Å². The largest absolute Gasteiger partial charge is 0.416 e. The van der Waals surface area contributed by atoms with E-state index in [-0.39, 0.29) is 24.4 Å². The lowest BCUT2D eigenvalue weighted by Gasteiger charge is -2.18. The number of amidine groups is 2. The van der Waals surface area contributed by atoms with E-state index in [0.717, 1.165) is 6.07 Å². The Hall–Kier alpha value is -2.38. The van der Waals surface area contributed by atoms with Crippen LogP contribution >= 0.6 is 0 Å². The minimum Gasteiger partial charge on any atom is -0.383 e. The van der Waals surface area contributed by atoms with Crippen LogP contribution in [0.3, 0.4) is 0 Å². The van der Waals surface area contributed by atoms with E-state index in [1.54, 1.807) is 6.07 Å². The van der Waals surface area contributed by atoms with Crippen LogP contribution in [0.15, 0.2) is 34.4 Å². The molecule has 0 spiro atoms. The zero-order chi connectivity index (χ0) is 15.6. The number of rotatable bonds is 3. The molecule has 1 aliphatic heterocycles. The normalized spacial score (nSPS) is 17.2. The quantitative estimate of drug-likeness (QED) is 0.663. The van der Waals surface area contributed by atoms with Gasteiger partial charge in [0, 0.05) is 7.05 Å². The average Bonchev–Trinajstić information content (AvgIpc) is 2.81. The molecule has 0 saturated heterocycles. The van der Waals surface area contributed by atoms with E-state index in [2.05, 4.69) is 10.1 Å². The predicted molar refractivity (Wildman–Crippen MR) is 74.3 cm³/mol. The van der Waals surface area contributed by atoms with Crippen LogP contribution in [0.5, 0.6) is 0 Å². The molecule has 2 rings (SSSR count). The van der Waals surface area contributed by atoms with Gasteiger partial charge in [-0.1, -0.05) is 18.2 Å². The number of alkyl halides is 3. The molecule has 1 aromatic carbocycles. The highest BCUT2D eigenvalue weighted by Crippen LogP contribution is 2.32. The molecule has 8 heteroatoms. The molecule has 0 radical (unpaired) electrons. The summed E-state index contributed by atoms with van der Waals surface area (Å²) >= 11 is 0. The van der Waals surface area contributed by atoms with E-state index in [1.807, 2.05) is 0 Å². The molecular weight excluding hydrogens is 283 g/mol. The number of hydrogen-bond donors (Lipinski definition) is 2. The van der Waals surface area contributed by atoms with Gasteiger partial charge >= 0.3 is 6.18 Å². The van der Waals surface area contributed by atoms with Gasteiger partial charge in [-0.05, 0) is 11.6 Å². The maximum Gasteiger partial charge on any atom is 0.416 e. The van der Waals surface area contributed by atoms with Gasteiger partial charge < -0.3 is 5.73 Å². The van der Waals surface area contributed by atoms with E-state index >= 15 is 0 Å². The lowest BCUT2D eigenvalue weighted by atomic mass is 10.1. The van der Waals surface area contributed by atoms with Crippen molar-refractivity contribution in [1.29, 1.82) is 5.41 Å². The second-order valence-electron chi connectivity index (χ2n) is 4.49. The Bertz CT molecular complexity index is 618. The van der Waals surface area contributed by atoms with Gasteiger partial charge in [0.25, 0.3) is 0 Å². The van der Waals surface area contributed by atoms with Gasteiger partial charge in [-0.3, -0.25) is 10.4 Å². The molecule has 1 aromatic rings. The molecule has 0 saturated carbocycles. The molecule has 5 nitrogen and oxygen atoms in total. The first kappa shape index (κ1) is 15.0. The van der Waals surface area contributed by atoms with Crippen LogP contribution in [0.2, 0.25) is 0 Å². The zero-order valence-electron chi connectivity index (χ0n) is 11.3. The van der Waals surface area contributed by atoms with E-state index in [9.17, 15) is 13.2 Å². The van der Waals surface area contributed by atoms with Crippen molar-refractivity contribution >= 4 is 17.4 Å². The van der Waals surface area contributed by atoms with E-state index in [1.165, 1.54) is 24.2 Å². The molecule has 0 fully saturated rings. The number of aliphatic imine (C=N–C) groups is 1. The average molecular weight is 297 g/mol. The highest BCUT2D eigenvalue weighted by molar-refractivity contribution is 6.44. The highest BCUT2D eigenvalue weighted by atomic mass is 19.4. The first-order valence-electron chi connectivity index (χ1n) is 6.13. The number of hydrogen-bond acceptors (Lipinski definition) is 3. The molecule has 0 atom stereocenters. The monoisotopic (exact) mass is 297 g/mol. The van der Waals surface area contributed by atoms with Gasteiger partial charge in [-0.15, -0.1) is 0 Å². The fourth-order valence-corrected chi connectivity index (χ4v) is 2.05. The first-order chi connectivity index (χ1) is 9.82. The molecule has 0 unspecified atom stereocenters. The van der Waals surface area contributed by atoms with Crippen LogP contribution in [0.1, 0.15) is 17.5 Å². The van der Waals surface area contributed by atoms with Crippen molar-refractivity contribution in [3.63, 3.8) is 0 Å². The maximum absolute atomic E-state index is 13.0. The van der Waals surface area contributed by atoms with Crippen molar-refractivity contribution in [3.8, 4) is 0 Å². The Morgan fingerprint density at radius 1 is 1.43 bits per heavy atom. The molecule has 112 valence electrons. The lowest BCUT2D eigenvalue weighted by Crippen LogP contribution is -2.23. The second kappa shape index (κ2) is 5.55. The fourth-order valence-electron chi connectivity index (χ4n) is 2.05. The summed E-state index contributed by atoms with van der Waals surface area (Å²) in [4.78, 5) is 3.98. The van der Waals surface area contributed by atoms with Crippen LogP contribution in [-0.2, 0) is 12.7 Å². The Morgan fingerprint density at radius 3 is 2.67 bits per heavy atom. The summed E-state index contributed by atoms with van der Waals surface area (Å²) < 4.78 is 38.9. The first-order valence-corrected chi connectivity index (χ1v) is 6.13. The van der Waals surface area contributed by atoms with Gasteiger partial charge in [0.15, 0.2) is 0 Å². The molecule has 21 heavy (non-hydrogen) atoms. The summed E-state index contributed by atoms with van der Waals surface area (Å²) in [7, 11) is 1.52. The van der Waals surface area contributed by atoms with Crippen molar-refractivity contribution < 1.29 is 13.2 Å². The second-order valence-corrected chi connectivity index (χ2v) is 4.49. The van der Waals surface area contributed by atoms with E-state index < -0.39 is 11.7 Å². The zero-order valence-corrected chi connectivity index (χ0v) is 11.3. The van der Waals surface area contributed by atoms with Crippen LogP contribution in [-0.4, -0.2) is 29.4 Å². The minimum atomic E-state index is -4.42. The number of hydrazone groups is 1. The number of nitrogens with zero attached hydrogens (tertiary/aromatic N) is 3. The Balaban J connectivity index is 2.32. The lowest BCUT2D eigenvalue weighted by molar-refractivity contribution is -0.138. The third-order valence-electron chi connectivity index (χ3n) is 3.08. The minimum absolute atomic E-state index is 0.0703. The number of nitrogens with one attached hydrogen (secondary N) is 1. The molecular formula is C13H14F3N5. The van der Waals surface area contributed by atoms with E-state index in [4.69, 9.17) is 11.1 Å². The molecule has 3 N–H and O–H groups in total. The fraction of sp³-hybridized carbons (Fsp3) is 0.308. The topological polar surface area (TPSA) is 77.8 Å². The van der Waals surface area contributed by atoms with Crippen LogP contribution < -0.4 is 5.73 Å². The van der Waals surface area contributed by atoms with Crippen LogP contribution in [0.4, 0.5) is 13.2 Å². The maximum atomic E-state index is 13.0. The standard InChI is InChI=1S/C13H14F3N5/c1-19-11-6-10(12(17)18)20-21(11)7-8-4-2-3-5-9(8)13(14,15)16/h2-5H,6-7H2,1H3,(H3,17,18). The summed E-state index contributed by atoms with van der Waals surface area (Å²) in [5.74, 6) is 0.278. The molecule has 1 heterocycles. The number of halogens is 3. The summed E-state index contributed by atoms with van der Waals surface area (Å²) in [6.45, 7) is -0.0703.